The normalized spacial score (nSPS) is 28.4. The second-order valence-corrected chi connectivity index (χ2v) is 1.90. The van der Waals surface area contributed by atoms with Crippen LogP contribution >= 0.6 is 0 Å². The molecule has 0 aromatic carbocycles. The topological polar surface area (TPSA) is 0 Å². The Morgan fingerprint density at radius 3 is 2.86 bits per heavy atom. The molecule has 1 aliphatic rings. The highest BCUT2D eigenvalue weighted by Gasteiger charge is 1.84. The van der Waals surface area contributed by atoms with Gasteiger partial charge >= 0.3 is 0 Å². The van der Waals surface area contributed by atoms with E-state index in [1.165, 1.54) is 0 Å². The fourth-order valence-electron chi connectivity index (χ4n) is 0.639. The maximum atomic E-state index is 3.17. The highest BCUT2D eigenvalue weighted by atomic mass is 14.0. The number of hydrogen-bond acceptors (Lipinski definition) is 0. The summed E-state index contributed by atoms with van der Waals surface area (Å²) < 4.78 is 0. The zero-order valence-corrected chi connectivity index (χ0v) is 4.52. The molecule has 1 unspecified atom stereocenters. The summed E-state index contributed by atoms with van der Waals surface area (Å²) in [6, 6.07) is 0. The quantitative estimate of drug-likeness (QED) is 0.401. The van der Waals surface area contributed by atoms with E-state index in [-0.39, 0.29) is 0 Å². The van der Waals surface area contributed by atoms with Gasteiger partial charge in [0.2, 0.25) is 0 Å². The summed E-state index contributed by atoms with van der Waals surface area (Å²) in [7, 11) is 0. The van der Waals surface area contributed by atoms with Gasteiger partial charge in [0.05, 0.1) is 0 Å². The average Bonchev–Trinajstić information content (AvgIpc) is 1.69. The fourth-order valence-corrected chi connectivity index (χ4v) is 0.639. The molecule has 1 aliphatic carbocycles. The Kier molecular flexibility index (Phi) is 1.30. The third-order valence-corrected chi connectivity index (χ3v) is 1.10. The van der Waals surface area contributed by atoms with Crippen molar-refractivity contribution in [3.8, 4) is 0 Å². The third kappa shape index (κ3) is 1.19. The average molecular weight is 93.1 g/mol. The van der Waals surface area contributed by atoms with Crippen LogP contribution in [0.4, 0.5) is 0 Å². The minimum absolute atomic E-state index is 0.644. The number of hydrogen-bond donors (Lipinski definition) is 0. The van der Waals surface area contributed by atoms with E-state index in [4.69, 9.17) is 0 Å². The largest absolute Gasteiger partial charge is 0.272 e. The molecular formula is C7H9-. The van der Waals surface area contributed by atoms with Gasteiger partial charge in [0.15, 0.2) is 0 Å². The Morgan fingerprint density at radius 2 is 2.57 bits per heavy atom. The molecule has 7 heavy (non-hydrogen) atoms. The number of rotatable bonds is 0. The van der Waals surface area contributed by atoms with Crippen LogP contribution in [0.15, 0.2) is 18.2 Å². The summed E-state index contributed by atoms with van der Waals surface area (Å²) in [6.45, 7) is 2.17. The lowest BCUT2D eigenvalue weighted by atomic mass is 10.0. The Hall–Kier alpha value is -0.520. The van der Waals surface area contributed by atoms with E-state index in [1.807, 2.05) is 12.2 Å². The van der Waals surface area contributed by atoms with Crippen molar-refractivity contribution in [2.24, 2.45) is 5.92 Å². The van der Waals surface area contributed by atoms with Crippen LogP contribution in [0, 0.1) is 12.0 Å². The molecule has 0 aromatic rings. The molecule has 0 N–H and O–H groups in total. The first kappa shape index (κ1) is 4.63. The Balaban J connectivity index is 2.49. The van der Waals surface area contributed by atoms with Crippen molar-refractivity contribution in [1.29, 1.82) is 0 Å². The van der Waals surface area contributed by atoms with E-state index in [2.05, 4.69) is 19.1 Å². The zero-order chi connectivity index (χ0) is 5.11. The van der Waals surface area contributed by atoms with E-state index in [0.717, 1.165) is 6.42 Å². The molecule has 38 valence electrons. The predicted octanol–water partition coefficient (Wildman–Crippen LogP) is 1.94. The molecule has 0 bridgehead atoms. The molecule has 0 spiro atoms. The second kappa shape index (κ2) is 1.97. The van der Waals surface area contributed by atoms with Gasteiger partial charge in [0, 0.05) is 0 Å². The molecule has 0 fully saturated rings. The minimum atomic E-state index is 0.644. The summed E-state index contributed by atoms with van der Waals surface area (Å²) in [5.41, 5.74) is 0. The monoisotopic (exact) mass is 93.1 g/mol. The first-order valence-electron chi connectivity index (χ1n) is 2.64. The van der Waals surface area contributed by atoms with Crippen LogP contribution in [0.2, 0.25) is 0 Å². The molecule has 0 saturated carbocycles. The van der Waals surface area contributed by atoms with Crippen LogP contribution in [-0.2, 0) is 0 Å². The van der Waals surface area contributed by atoms with Gasteiger partial charge in [0.25, 0.3) is 0 Å². The van der Waals surface area contributed by atoms with Crippen molar-refractivity contribution in [3.05, 3.63) is 24.3 Å². The summed E-state index contributed by atoms with van der Waals surface area (Å²) in [4.78, 5) is 0. The molecule has 0 saturated heterocycles. The van der Waals surface area contributed by atoms with Gasteiger partial charge in [-0.25, -0.2) is 12.2 Å². The van der Waals surface area contributed by atoms with Crippen molar-refractivity contribution < 1.29 is 0 Å². The predicted molar refractivity (Wildman–Crippen MR) is 30.7 cm³/mol. The van der Waals surface area contributed by atoms with E-state index < -0.39 is 0 Å². The molecule has 0 nitrogen and oxygen atoms in total. The van der Waals surface area contributed by atoms with Crippen LogP contribution in [0.1, 0.15) is 13.3 Å². The summed E-state index contributed by atoms with van der Waals surface area (Å²) in [5, 5.41) is 0. The second-order valence-electron chi connectivity index (χ2n) is 1.90. The SMILES string of the molecule is CC1[C-]=CC=CC1. The van der Waals surface area contributed by atoms with E-state index in [1.54, 1.807) is 0 Å². The standard InChI is InChI=1S/C7H9/c1-7-5-3-2-4-6-7/h2-4,7H,5H2,1H3/q-1. The van der Waals surface area contributed by atoms with E-state index >= 15 is 0 Å². The first-order chi connectivity index (χ1) is 3.39. The summed E-state index contributed by atoms with van der Waals surface area (Å²) in [6.07, 6.45) is 10.5. The lowest BCUT2D eigenvalue weighted by molar-refractivity contribution is 0.715. The smallest absolute Gasteiger partial charge is 0.0614 e. The highest BCUT2D eigenvalue weighted by Crippen LogP contribution is 2.07. The molecule has 1 atom stereocenters. The maximum absolute atomic E-state index is 3.17. The molecule has 0 aromatic heterocycles. The first-order valence-corrected chi connectivity index (χ1v) is 2.64. The van der Waals surface area contributed by atoms with Gasteiger partial charge in [-0.1, -0.05) is 19.3 Å². The molecule has 0 heteroatoms. The van der Waals surface area contributed by atoms with Crippen molar-refractivity contribution in [3.63, 3.8) is 0 Å². The zero-order valence-electron chi connectivity index (χ0n) is 4.52. The summed E-state index contributed by atoms with van der Waals surface area (Å²) >= 11 is 0. The van der Waals surface area contributed by atoms with Gasteiger partial charge in [0.1, 0.15) is 0 Å². The fraction of sp³-hybridized carbons (Fsp3) is 0.429. The third-order valence-electron chi connectivity index (χ3n) is 1.10. The maximum Gasteiger partial charge on any atom is -0.0614 e. The Morgan fingerprint density at radius 1 is 1.71 bits per heavy atom. The summed E-state index contributed by atoms with van der Waals surface area (Å²) in [5.74, 6) is 0.644. The molecule has 1 rings (SSSR count). The van der Waals surface area contributed by atoms with Crippen LogP contribution in [0.25, 0.3) is 0 Å². The van der Waals surface area contributed by atoms with Crippen molar-refractivity contribution in [2.45, 2.75) is 13.3 Å². The van der Waals surface area contributed by atoms with Crippen molar-refractivity contribution in [1.82, 2.24) is 0 Å². The molecule has 0 radical (unpaired) electrons. The molecular weight excluding hydrogens is 84.1 g/mol. The van der Waals surface area contributed by atoms with Gasteiger partial charge in [-0.3, -0.25) is 6.08 Å². The lowest BCUT2D eigenvalue weighted by Gasteiger charge is -2.11. The van der Waals surface area contributed by atoms with Crippen molar-refractivity contribution in [2.75, 3.05) is 0 Å². The Bertz CT molecular complexity index is 98.6. The Labute approximate surface area is 44.5 Å². The van der Waals surface area contributed by atoms with Crippen LogP contribution in [0.5, 0.6) is 0 Å². The van der Waals surface area contributed by atoms with E-state index in [9.17, 15) is 0 Å². The van der Waals surface area contributed by atoms with Gasteiger partial charge in [-0.05, 0) is 0 Å². The van der Waals surface area contributed by atoms with Crippen molar-refractivity contribution >= 4 is 0 Å². The molecule has 0 aliphatic heterocycles. The van der Waals surface area contributed by atoms with Crippen LogP contribution in [0.3, 0.4) is 0 Å². The van der Waals surface area contributed by atoms with Crippen LogP contribution in [-0.4, -0.2) is 0 Å². The van der Waals surface area contributed by atoms with Crippen LogP contribution < -0.4 is 0 Å². The van der Waals surface area contributed by atoms with E-state index in [0.29, 0.717) is 5.92 Å². The molecule has 0 amide bonds. The lowest BCUT2D eigenvalue weighted by Crippen LogP contribution is -1.88. The van der Waals surface area contributed by atoms with Gasteiger partial charge in [-0.15, -0.1) is 0 Å². The number of allylic oxidation sites excluding steroid dienone is 4. The van der Waals surface area contributed by atoms with Gasteiger partial charge < -0.3 is 0 Å². The molecule has 0 heterocycles. The van der Waals surface area contributed by atoms with Gasteiger partial charge in [-0.2, -0.15) is 6.08 Å². The minimum Gasteiger partial charge on any atom is -0.272 e. The highest BCUT2D eigenvalue weighted by molar-refractivity contribution is 5.05.